The van der Waals surface area contributed by atoms with Crippen LogP contribution in [0.5, 0.6) is 0 Å². The second-order valence-electron chi connectivity index (χ2n) is 5.10. The average molecular weight is 233 g/mol. The van der Waals surface area contributed by atoms with Crippen LogP contribution in [0.1, 0.15) is 34.1 Å². The van der Waals surface area contributed by atoms with E-state index in [1.165, 1.54) is 0 Å². The predicted octanol–water partition coefficient (Wildman–Crippen LogP) is 1.38. The number of hydrogen-bond acceptors (Lipinski definition) is 4. The molecule has 0 fully saturated rings. The summed E-state index contributed by atoms with van der Waals surface area (Å²) in [5.41, 5.74) is -0.686. The second-order valence-corrected chi connectivity index (χ2v) is 5.10. The van der Waals surface area contributed by atoms with Crippen molar-refractivity contribution in [1.82, 2.24) is 5.32 Å². The van der Waals surface area contributed by atoms with Crippen molar-refractivity contribution in [1.29, 1.82) is 0 Å². The maximum Gasteiger partial charge on any atom is 0.171 e. The number of methoxy groups -OCH3 is 2. The third-order valence-electron chi connectivity index (χ3n) is 2.53. The van der Waals surface area contributed by atoms with Crippen molar-refractivity contribution >= 4 is 0 Å². The van der Waals surface area contributed by atoms with Gasteiger partial charge in [0.05, 0.1) is 11.6 Å². The Kier molecular flexibility index (Phi) is 7.15. The highest BCUT2D eigenvalue weighted by atomic mass is 16.7. The zero-order chi connectivity index (χ0) is 12.8. The molecule has 0 rings (SSSR count). The molecule has 0 radical (unpaired) electrons. The molecule has 0 aliphatic heterocycles. The van der Waals surface area contributed by atoms with Gasteiger partial charge in [-0.1, -0.05) is 13.8 Å². The molecule has 0 heterocycles. The highest BCUT2D eigenvalue weighted by molar-refractivity contribution is 4.79. The van der Waals surface area contributed by atoms with Crippen molar-refractivity contribution in [3.05, 3.63) is 0 Å². The second kappa shape index (κ2) is 7.22. The van der Waals surface area contributed by atoms with Crippen molar-refractivity contribution in [3.8, 4) is 0 Å². The van der Waals surface area contributed by atoms with E-state index in [1.807, 2.05) is 13.8 Å². The zero-order valence-corrected chi connectivity index (χ0v) is 11.4. The normalized spacial score (nSPS) is 17.8. The van der Waals surface area contributed by atoms with Gasteiger partial charge < -0.3 is 19.9 Å². The van der Waals surface area contributed by atoms with Crippen LogP contribution in [0.3, 0.4) is 0 Å². The zero-order valence-electron chi connectivity index (χ0n) is 11.4. The first-order valence-corrected chi connectivity index (χ1v) is 5.83. The molecular formula is C12H27NO3. The first-order chi connectivity index (χ1) is 7.32. The van der Waals surface area contributed by atoms with Crippen molar-refractivity contribution in [3.63, 3.8) is 0 Å². The van der Waals surface area contributed by atoms with Gasteiger partial charge in [-0.3, -0.25) is 0 Å². The summed E-state index contributed by atoms with van der Waals surface area (Å²) >= 11 is 0. The van der Waals surface area contributed by atoms with Crippen LogP contribution in [0, 0.1) is 5.92 Å². The van der Waals surface area contributed by atoms with E-state index in [-0.39, 0.29) is 12.3 Å². The maximum absolute atomic E-state index is 10.1. The van der Waals surface area contributed by atoms with Crippen LogP contribution in [-0.2, 0) is 9.47 Å². The standard InChI is InChI=1S/C12H27NO3/c1-9(2)7-12(4,14)8-13-10(3)11(15-5)16-6/h9-11,13-14H,7-8H2,1-6H3. The fourth-order valence-electron chi connectivity index (χ4n) is 1.93. The molecule has 0 aromatic heterocycles. The van der Waals surface area contributed by atoms with Crippen LogP contribution < -0.4 is 5.32 Å². The molecule has 0 saturated heterocycles. The Bertz CT molecular complexity index is 179. The monoisotopic (exact) mass is 233 g/mol. The lowest BCUT2D eigenvalue weighted by Gasteiger charge is -2.29. The fourth-order valence-corrected chi connectivity index (χ4v) is 1.93. The predicted molar refractivity (Wildman–Crippen MR) is 65.3 cm³/mol. The Morgan fingerprint density at radius 3 is 2.06 bits per heavy atom. The smallest absolute Gasteiger partial charge is 0.171 e. The van der Waals surface area contributed by atoms with Crippen molar-refractivity contribution in [2.45, 2.75) is 52.0 Å². The molecule has 98 valence electrons. The first kappa shape index (κ1) is 15.8. The summed E-state index contributed by atoms with van der Waals surface area (Å²) in [6, 6.07) is 0.0497. The summed E-state index contributed by atoms with van der Waals surface area (Å²) in [6.45, 7) is 8.57. The molecule has 0 aliphatic rings. The number of ether oxygens (including phenoxy) is 2. The van der Waals surface area contributed by atoms with E-state index in [4.69, 9.17) is 9.47 Å². The molecule has 4 heteroatoms. The van der Waals surface area contributed by atoms with Gasteiger partial charge in [0.1, 0.15) is 0 Å². The molecule has 0 aromatic rings. The van der Waals surface area contributed by atoms with Gasteiger partial charge in [-0.2, -0.15) is 0 Å². The van der Waals surface area contributed by atoms with Gasteiger partial charge in [-0.05, 0) is 26.2 Å². The largest absolute Gasteiger partial charge is 0.389 e. The van der Waals surface area contributed by atoms with Crippen LogP contribution in [0.15, 0.2) is 0 Å². The molecule has 0 saturated carbocycles. The van der Waals surface area contributed by atoms with Crippen LogP contribution in [0.2, 0.25) is 0 Å². The van der Waals surface area contributed by atoms with Gasteiger partial charge in [0.15, 0.2) is 6.29 Å². The minimum absolute atomic E-state index is 0.0497. The van der Waals surface area contributed by atoms with E-state index in [1.54, 1.807) is 14.2 Å². The van der Waals surface area contributed by atoms with Crippen molar-refractivity contribution in [2.24, 2.45) is 5.92 Å². The molecule has 2 atom stereocenters. The van der Waals surface area contributed by atoms with Crippen LogP contribution in [0.4, 0.5) is 0 Å². The van der Waals surface area contributed by atoms with E-state index in [2.05, 4.69) is 19.2 Å². The molecule has 4 nitrogen and oxygen atoms in total. The molecule has 0 spiro atoms. The van der Waals surface area contributed by atoms with Gasteiger partial charge in [0, 0.05) is 20.8 Å². The minimum atomic E-state index is -0.686. The summed E-state index contributed by atoms with van der Waals surface area (Å²) in [6.07, 6.45) is 0.493. The van der Waals surface area contributed by atoms with Gasteiger partial charge in [0.25, 0.3) is 0 Å². The van der Waals surface area contributed by atoms with Crippen molar-refractivity contribution in [2.75, 3.05) is 20.8 Å². The Labute approximate surface area is 99.3 Å². The topological polar surface area (TPSA) is 50.7 Å². The van der Waals surface area contributed by atoms with E-state index >= 15 is 0 Å². The quantitative estimate of drug-likeness (QED) is 0.622. The van der Waals surface area contributed by atoms with E-state index in [9.17, 15) is 5.11 Å². The molecule has 0 amide bonds. The summed E-state index contributed by atoms with van der Waals surface area (Å²) in [4.78, 5) is 0. The SMILES string of the molecule is COC(OC)C(C)NCC(C)(O)CC(C)C. The lowest BCUT2D eigenvalue weighted by Crippen LogP contribution is -2.47. The molecule has 2 N–H and O–H groups in total. The third-order valence-corrected chi connectivity index (χ3v) is 2.53. The van der Waals surface area contributed by atoms with Gasteiger partial charge in [0.2, 0.25) is 0 Å². The Morgan fingerprint density at radius 2 is 1.69 bits per heavy atom. The molecular weight excluding hydrogens is 206 g/mol. The average Bonchev–Trinajstić information content (AvgIpc) is 2.15. The molecule has 16 heavy (non-hydrogen) atoms. The highest BCUT2D eigenvalue weighted by Crippen LogP contribution is 2.15. The van der Waals surface area contributed by atoms with E-state index in [0.717, 1.165) is 6.42 Å². The van der Waals surface area contributed by atoms with Crippen LogP contribution in [-0.4, -0.2) is 43.8 Å². The van der Waals surface area contributed by atoms with Crippen LogP contribution >= 0.6 is 0 Å². The molecule has 0 aromatic carbocycles. The Hall–Kier alpha value is -0.160. The van der Waals surface area contributed by atoms with Gasteiger partial charge >= 0.3 is 0 Å². The van der Waals surface area contributed by atoms with Gasteiger partial charge in [-0.25, -0.2) is 0 Å². The number of rotatable bonds is 8. The summed E-state index contributed by atoms with van der Waals surface area (Å²) in [5.74, 6) is 0.479. The Morgan fingerprint density at radius 1 is 1.19 bits per heavy atom. The van der Waals surface area contributed by atoms with E-state index < -0.39 is 5.60 Å². The van der Waals surface area contributed by atoms with Gasteiger partial charge in [-0.15, -0.1) is 0 Å². The minimum Gasteiger partial charge on any atom is -0.389 e. The maximum atomic E-state index is 10.1. The lowest BCUT2D eigenvalue weighted by molar-refractivity contribution is -0.121. The number of hydrogen-bond donors (Lipinski definition) is 2. The number of nitrogens with one attached hydrogen (secondary N) is 1. The third kappa shape index (κ3) is 6.43. The van der Waals surface area contributed by atoms with Crippen LogP contribution in [0.25, 0.3) is 0 Å². The fraction of sp³-hybridized carbons (Fsp3) is 1.00. The highest BCUT2D eigenvalue weighted by Gasteiger charge is 2.24. The summed E-state index contributed by atoms with van der Waals surface area (Å²) < 4.78 is 10.3. The summed E-state index contributed by atoms with van der Waals surface area (Å²) in [5, 5.41) is 13.3. The molecule has 0 bridgehead atoms. The van der Waals surface area contributed by atoms with Crippen molar-refractivity contribution < 1.29 is 14.6 Å². The lowest BCUT2D eigenvalue weighted by atomic mass is 9.94. The summed E-state index contributed by atoms with van der Waals surface area (Å²) in [7, 11) is 3.22. The molecule has 0 aliphatic carbocycles. The molecule has 2 unspecified atom stereocenters. The Balaban J connectivity index is 4.02. The number of aliphatic hydroxyl groups is 1. The first-order valence-electron chi connectivity index (χ1n) is 5.83. The van der Waals surface area contributed by atoms with E-state index in [0.29, 0.717) is 12.5 Å².